The minimum atomic E-state index is 0.111. The lowest BCUT2D eigenvalue weighted by Crippen LogP contribution is -2.42. The summed E-state index contributed by atoms with van der Waals surface area (Å²) in [6.45, 7) is 8.85. The number of carbonyl (C=O) groups excluding carboxylic acids is 1. The van der Waals surface area contributed by atoms with Gasteiger partial charge in [0.2, 0.25) is 12.7 Å². The number of rotatable bonds is 6. The Kier molecular flexibility index (Phi) is 5.10. The summed E-state index contributed by atoms with van der Waals surface area (Å²) in [5.74, 6) is 2.55. The van der Waals surface area contributed by atoms with E-state index in [1.807, 2.05) is 18.2 Å². The molecule has 4 nitrogen and oxygen atoms in total. The van der Waals surface area contributed by atoms with Gasteiger partial charge in [0.15, 0.2) is 11.5 Å². The quantitative estimate of drug-likeness (QED) is 0.876. The van der Waals surface area contributed by atoms with Crippen LogP contribution in [0.15, 0.2) is 18.2 Å². The maximum atomic E-state index is 12.1. The van der Waals surface area contributed by atoms with Crippen molar-refractivity contribution in [2.24, 2.45) is 11.8 Å². The fourth-order valence-corrected chi connectivity index (χ4v) is 2.72. The third-order valence-corrected chi connectivity index (χ3v) is 3.84. The highest BCUT2D eigenvalue weighted by Gasteiger charge is 2.19. The van der Waals surface area contributed by atoms with Crippen LogP contribution in [0.25, 0.3) is 0 Å². The van der Waals surface area contributed by atoms with Gasteiger partial charge in [-0.2, -0.15) is 0 Å². The number of nitrogens with one attached hydrogen (secondary N) is 1. The maximum absolute atomic E-state index is 12.1. The molecule has 1 heterocycles. The van der Waals surface area contributed by atoms with Crippen molar-refractivity contribution < 1.29 is 14.3 Å². The Morgan fingerprint density at radius 1 is 1.14 bits per heavy atom. The Morgan fingerprint density at radius 3 is 2.48 bits per heavy atom. The summed E-state index contributed by atoms with van der Waals surface area (Å²) in [4.78, 5) is 12.1. The van der Waals surface area contributed by atoms with E-state index >= 15 is 0 Å². The third kappa shape index (κ3) is 4.13. The van der Waals surface area contributed by atoms with E-state index in [1.165, 1.54) is 0 Å². The summed E-state index contributed by atoms with van der Waals surface area (Å²) in [5, 5.41) is 3.14. The molecule has 116 valence electrons. The number of aryl methyl sites for hydroxylation is 1. The van der Waals surface area contributed by atoms with Crippen LogP contribution in [0.5, 0.6) is 11.5 Å². The van der Waals surface area contributed by atoms with E-state index in [-0.39, 0.29) is 18.7 Å². The lowest BCUT2D eigenvalue weighted by molar-refractivity contribution is -0.122. The average molecular weight is 291 g/mol. The lowest BCUT2D eigenvalue weighted by Gasteiger charge is -2.26. The monoisotopic (exact) mass is 291 g/mol. The molecule has 0 spiro atoms. The Labute approximate surface area is 126 Å². The van der Waals surface area contributed by atoms with Gasteiger partial charge >= 0.3 is 0 Å². The second-order valence-electron chi connectivity index (χ2n) is 6.27. The van der Waals surface area contributed by atoms with Crippen molar-refractivity contribution in [1.82, 2.24) is 5.32 Å². The van der Waals surface area contributed by atoms with Gasteiger partial charge in [-0.1, -0.05) is 33.8 Å². The Hall–Kier alpha value is -1.71. The van der Waals surface area contributed by atoms with Crippen LogP contribution in [-0.2, 0) is 11.2 Å². The normalized spacial score (nSPS) is 13.3. The first-order chi connectivity index (χ1) is 9.97. The zero-order chi connectivity index (χ0) is 15.4. The second-order valence-corrected chi connectivity index (χ2v) is 6.27. The van der Waals surface area contributed by atoms with Crippen LogP contribution in [0.1, 0.15) is 39.7 Å². The molecule has 1 aliphatic heterocycles. The minimum absolute atomic E-state index is 0.111. The molecule has 1 aliphatic rings. The fourth-order valence-electron chi connectivity index (χ4n) is 2.72. The number of hydrogen-bond acceptors (Lipinski definition) is 3. The van der Waals surface area contributed by atoms with E-state index in [0.29, 0.717) is 24.7 Å². The van der Waals surface area contributed by atoms with Gasteiger partial charge in [0.1, 0.15) is 0 Å². The van der Waals surface area contributed by atoms with Gasteiger partial charge in [-0.25, -0.2) is 0 Å². The summed E-state index contributed by atoms with van der Waals surface area (Å²) in [6.07, 6.45) is 1.21. The predicted octanol–water partition coefficient (Wildman–Crippen LogP) is 3.14. The molecule has 0 saturated carbocycles. The molecule has 0 aromatic heterocycles. The summed E-state index contributed by atoms with van der Waals surface area (Å²) < 4.78 is 10.6. The summed E-state index contributed by atoms with van der Waals surface area (Å²) in [5.41, 5.74) is 1.10. The van der Waals surface area contributed by atoms with E-state index in [4.69, 9.17) is 9.47 Å². The van der Waals surface area contributed by atoms with Gasteiger partial charge in [0.25, 0.3) is 0 Å². The van der Waals surface area contributed by atoms with Crippen molar-refractivity contribution in [1.29, 1.82) is 0 Å². The first kappa shape index (κ1) is 15.7. The smallest absolute Gasteiger partial charge is 0.231 e. The molecule has 0 aliphatic carbocycles. The molecule has 0 fully saturated rings. The second kappa shape index (κ2) is 6.83. The van der Waals surface area contributed by atoms with E-state index in [2.05, 4.69) is 33.0 Å². The van der Waals surface area contributed by atoms with Crippen molar-refractivity contribution in [3.8, 4) is 11.5 Å². The molecular formula is C17H25NO3. The first-order valence-corrected chi connectivity index (χ1v) is 7.65. The number of amides is 1. The highest BCUT2D eigenvalue weighted by Crippen LogP contribution is 2.32. The van der Waals surface area contributed by atoms with Crippen molar-refractivity contribution in [2.75, 3.05) is 6.79 Å². The van der Waals surface area contributed by atoms with Gasteiger partial charge in [-0.05, 0) is 36.0 Å². The summed E-state index contributed by atoms with van der Waals surface area (Å²) in [7, 11) is 0. The lowest BCUT2D eigenvalue weighted by atomic mass is 9.93. The standard InChI is InChI=1S/C17H25NO3/c1-11(2)17(12(3)4)18-16(19)8-6-13-5-7-14-15(9-13)21-10-20-14/h5,7,9,11-12,17H,6,8,10H2,1-4H3,(H,18,19). The highest BCUT2D eigenvalue weighted by atomic mass is 16.7. The third-order valence-electron chi connectivity index (χ3n) is 3.84. The zero-order valence-electron chi connectivity index (χ0n) is 13.3. The average Bonchev–Trinajstić information content (AvgIpc) is 2.89. The maximum Gasteiger partial charge on any atom is 0.231 e. The van der Waals surface area contributed by atoms with Gasteiger partial charge in [0, 0.05) is 12.5 Å². The molecule has 0 saturated heterocycles. The molecule has 0 atom stereocenters. The minimum Gasteiger partial charge on any atom is -0.454 e. The number of fused-ring (bicyclic) bond motifs is 1. The SMILES string of the molecule is CC(C)C(NC(=O)CCc1ccc2c(c1)OCO2)C(C)C. The molecular weight excluding hydrogens is 266 g/mol. The number of benzene rings is 1. The molecule has 4 heteroatoms. The van der Waals surface area contributed by atoms with Crippen LogP contribution < -0.4 is 14.8 Å². The predicted molar refractivity (Wildman–Crippen MR) is 82.5 cm³/mol. The van der Waals surface area contributed by atoms with Crippen molar-refractivity contribution >= 4 is 5.91 Å². The molecule has 1 aromatic rings. The zero-order valence-corrected chi connectivity index (χ0v) is 13.3. The van der Waals surface area contributed by atoms with Gasteiger partial charge in [-0.3, -0.25) is 4.79 Å². The highest BCUT2D eigenvalue weighted by molar-refractivity contribution is 5.76. The van der Waals surface area contributed by atoms with E-state index in [0.717, 1.165) is 17.1 Å². The number of ether oxygens (including phenoxy) is 2. The largest absolute Gasteiger partial charge is 0.454 e. The van der Waals surface area contributed by atoms with Crippen LogP contribution in [0, 0.1) is 11.8 Å². The molecule has 21 heavy (non-hydrogen) atoms. The molecule has 0 radical (unpaired) electrons. The van der Waals surface area contributed by atoms with E-state index in [1.54, 1.807) is 0 Å². The van der Waals surface area contributed by atoms with Gasteiger partial charge in [-0.15, -0.1) is 0 Å². The topological polar surface area (TPSA) is 47.6 Å². The van der Waals surface area contributed by atoms with Crippen LogP contribution in [0.2, 0.25) is 0 Å². The fraction of sp³-hybridized carbons (Fsp3) is 0.588. The van der Waals surface area contributed by atoms with E-state index in [9.17, 15) is 4.79 Å². The van der Waals surface area contributed by atoms with Crippen molar-refractivity contribution in [3.63, 3.8) is 0 Å². The van der Waals surface area contributed by atoms with Crippen LogP contribution >= 0.6 is 0 Å². The molecule has 2 rings (SSSR count). The van der Waals surface area contributed by atoms with Crippen molar-refractivity contribution in [2.45, 2.75) is 46.6 Å². The van der Waals surface area contributed by atoms with Gasteiger partial charge < -0.3 is 14.8 Å². The van der Waals surface area contributed by atoms with E-state index < -0.39 is 0 Å². The summed E-state index contributed by atoms with van der Waals surface area (Å²) in [6, 6.07) is 6.08. The number of carbonyl (C=O) groups is 1. The Morgan fingerprint density at radius 2 is 1.81 bits per heavy atom. The van der Waals surface area contributed by atoms with Crippen molar-refractivity contribution in [3.05, 3.63) is 23.8 Å². The first-order valence-electron chi connectivity index (χ1n) is 7.65. The molecule has 0 bridgehead atoms. The van der Waals surface area contributed by atoms with Crippen LogP contribution in [-0.4, -0.2) is 18.7 Å². The molecule has 1 amide bonds. The van der Waals surface area contributed by atoms with Gasteiger partial charge in [0.05, 0.1) is 0 Å². The molecule has 1 N–H and O–H groups in total. The molecule has 1 aromatic carbocycles. The van der Waals surface area contributed by atoms with Crippen LogP contribution in [0.4, 0.5) is 0 Å². The molecule has 0 unspecified atom stereocenters. The Bertz CT molecular complexity index is 489. The number of hydrogen-bond donors (Lipinski definition) is 1. The van der Waals surface area contributed by atoms with Crippen LogP contribution in [0.3, 0.4) is 0 Å². The Balaban J connectivity index is 1.86. The summed E-state index contributed by atoms with van der Waals surface area (Å²) >= 11 is 0.